The van der Waals surface area contributed by atoms with Gasteiger partial charge in [0.15, 0.2) is 12.4 Å². The van der Waals surface area contributed by atoms with Gasteiger partial charge in [-0.1, -0.05) is 30.3 Å². The number of nitrogens with one attached hydrogen (secondary N) is 2. The van der Waals surface area contributed by atoms with Crippen LogP contribution in [0.5, 0.6) is 0 Å². The Morgan fingerprint density at radius 3 is 2.26 bits per heavy atom. The van der Waals surface area contributed by atoms with E-state index in [2.05, 4.69) is 10.2 Å². The summed E-state index contributed by atoms with van der Waals surface area (Å²) < 4.78 is 1.95. The number of nitrogens with zero attached hydrogens (tertiary/aromatic N) is 1. The highest BCUT2D eigenvalue weighted by Gasteiger charge is 2.14. The van der Waals surface area contributed by atoms with Crippen LogP contribution < -0.4 is 10.1 Å². The molecule has 0 saturated carbocycles. The molecule has 2 N–H and O–H groups in total. The van der Waals surface area contributed by atoms with Crippen LogP contribution in [0, 0.1) is 0 Å². The minimum absolute atomic E-state index is 0.102. The molecule has 94 valence electrons. The van der Waals surface area contributed by atoms with E-state index >= 15 is 0 Å². The second-order valence-corrected chi connectivity index (χ2v) is 4.45. The predicted molar refractivity (Wildman–Crippen MR) is 73.5 cm³/mol. The van der Waals surface area contributed by atoms with E-state index in [1.165, 1.54) is 0 Å². The van der Waals surface area contributed by atoms with Crippen LogP contribution in [-0.2, 0) is 7.05 Å². The topological polar surface area (TPSA) is 52.5 Å². The Bertz CT molecular complexity index is 739. The highest BCUT2D eigenvalue weighted by atomic mass is 16.1. The lowest BCUT2D eigenvalue weighted by atomic mass is 10.0. The van der Waals surface area contributed by atoms with Gasteiger partial charge in [-0.3, -0.25) is 15.0 Å². The Morgan fingerprint density at radius 2 is 1.58 bits per heavy atom. The van der Waals surface area contributed by atoms with E-state index in [1.807, 2.05) is 66.5 Å². The van der Waals surface area contributed by atoms with Crippen molar-refractivity contribution in [1.29, 1.82) is 0 Å². The smallest absolute Gasteiger partial charge is 0.272 e. The molecule has 0 bridgehead atoms. The average Bonchev–Trinajstić information content (AvgIpc) is 2.82. The minimum atomic E-state index is -0.102. The van der Waals surface area contributed by atoms with Gasteiger partial charge in [-0.15, -0.1) is 0 Å². The maximum Gasteiger partial charge on any atom is 0.272 e. The molecule has 0 radical (unpaired) electrons. The number of aryl methyl sites for hydroxylation is 1. The highest BCUT2D eigenvalue weighted by Crippen LogP contribution is 2.26. The summed E-state index contributed by atoms with van der Waals surface area (Å²) in [5.74, 6) is 0. The number of pyridine rings is 1. The third-order valence-corrected chi connectivity index (χ3v) is 3.11. The van der Waals surface area contributed by atoms with E-state index in [9.17, 15) is 4.79 Å². The Morgan fingerprint density at radius 1 is 0.895 bits per heavy atom. The summed E-state index contributed by atoms with van der Waals surface area (Å²) in [6.07, 6.45) is 3.91. The van der Waals surface area contributed by atoms with Crippen molar-refractivity contribution in [2.45, 2.75) is 0 Å². The van der Waals surface area contributed by atoms with Gasteiger partial charge in [0.25, 0.3) is 5.56 Å². The molecule has 4 heteroatoms. The third-order valence-electron chi connectivity index (χ3n) is 3.11. The van der Waals surface area contributed by atoms with Gasteiger partial charge in [-0.2, -0.15) is 0 Å². The number of hydrogen-bond acceptors (Lipinski definition) is 1. The average molecular weight is 252 g/mol. The lowest BCUT2D eigenvalue weighted by molar-refractivity contribution is -0.671. The molecule has 0 amide bonds. The van der Waals surface area contributed by atoms with Gasteiger partial charge in [0.2, 0.25) is 0 Å². The summed E-state index contributed by atoms with van der Waals surface area (Å²) in [4.78, 5) is 12.0. The van der Waals surface area contributed by atoms with Crippen LogP contribution in [0.25, 0.3) is 22.4 Å². The fourth-order valence-electron chi connectivity index (χ4n) is 2.12. The van der Waals surface area contributed by atoms with Gasteiger partial charge in [-0.05, 0) is 5.56 Å². The predicted octanol–water partition coefficient (Wildman–Crippen LogP) is 1.86. The van der Waals surface area contributed by atoms with Crippen LogP contribution in [0.4, 0.5) is 0 Å². The van der Waals surface area contributed by atoms with Crippen molar-refractivity contribution in [3.63, 3.8) is 0 Å². The van der Waals surface area contributed by atoms with Crippen molar-refractivity contribution in [2.75, 3.05) is 0 Å². The summed E-state index contributed by atoms with van der Waals surface area (Å²) in [5.41, 5.74) is 3.28. The fraction of sp³-hybridized carbons (Fsp3) is 0.0667. The zero-order chi connectivity index (χ0) is 13.2. The Balaban J connectivity index is 2.19. The standard InChI is InChI=1S/C15H13N3O/c1-18-9-7-12(8-10-18)14-13(15(19)17-16-14)11-5-3-2-4-6-11/h2-10,19H,1H3/p+1. The SMILES string of the molecule is C[n+]1ccc(-c2[nH][nH]c(=O)c2-c2ccccc2)cc1. The first-order chi connectivity index (χ1) is 9.25. The van der Waals surface area contributed by atoms with Gasteiger partial charge >= 0.3 is 0 Å². The molecule has 0 aliphatic heterocycles. The largest absolute Gasteiger partial charge is 0.297 e. The van der Waals surface area contributed by atoms with Crippen molar-refractivity contribution < 1.29 is 4.57 Å². The van der Waals surface area contributed by atoms with Crippen LogP contribution >= 0.6 is 0 Å². The third kappa shape index (κ3) is 2.08. The fourth-order valence-corrected chi connectivity index (χ4v) is 2.12. The lowest BCUT2D eigenvalue weighted by Gasteiger charge is -2.01. The molecule has 2 aromatic heterocycles. The van der Waals surface area contributed by atoms with Crippen molar-refractivity contribution in [3.05, 3.63) is 65.2 Å². The zero-order valence-corrected chi connectivity index (χ0v) is 10.6. The Labute approximate surface area is 110 Å². The number of benzene rings is 1. The molecule has 0 unspecified atom stereocenters. The minimum Gasteiger partial charge on any atom is -0.297 e. The molecular weight excluding hydrogens is 238 g/mol. The molecule has 19 heavy (non-hydrogen) atoms. The Hall–Kier alpha value is -2.62. The molecule has 0 aliphatic carbocycles. The molecule has 3 aromatic rings. The van der Waals surface area contributed by atoms with E-state index in [4.69, 9.17) is 0 Å². The number of aromatic amines is 2. The summed E-state index contributed by atoms with van der Waals surface area (Å²) >= 11 is 0. The van der Waals surface area contributed by atoms with Crippen LogP contribution in [-0.4, -0.2) is 10.2 Å². The van der Waals surface area contributed by atoms with Gasteiger partial charge in [0.05, 0.1) is 11.3 Å². The summed E-state index contributed by atoms with van der Waals surface area (Å²) in [6, 6.07) is 13.6. The quantitative estimate of drug-likeness (QED) is 0.672. The van der Waals surface area contributed by atoms with Crippen molar-refractivity contribution >= 4 is 0 Å². The van der Waals surface area contributed by atoms with Gasteiger partial charge in [-0.25, -0.2) is 4.57 Å². The first-order valence-electron chi connectivity index (χ1n) is 6.07. The Kier molecular flexibility index (Phi) is 2.76. The molecule has 0 fully saturated rings. The van der Waals surface area contributed by atoms with Crippen LogP contribution in [0.3, 0.4) is 0 Å². The summed E-state index contributed by atoms with van der Waals surface area (Å²) in [6.45, 7) is 0. The second-order valence-electron chi connectivity index (χ2n) is 4.45. The molecule has 0 spiro atoms. The van der Waals surface area contributed by atoms with Gasteiger partial charge < -0.3 is 0 Å². The van der Waals surface area contributed by atoms with Crippen molar-refractivity contribution in [2.24, 2.45) is 7.05 Å². The number of hydrogen-bond donors (Lipinski definition) is 2. The second kappa shape index (κ2) is 4.57. The highest BCUT2D eigenvalue weighted by molar-refractivity contribution is 5.79. The molecule has 4 nitrogen and oxygen atoms in total. The lowest BCUT2D eigenvalue weighted by Crippen LogP contribution is -2.25. The molecule has 3 rings (SSSR count). The monoisotopic (exact) mass is 252 g/mol. The number of rotatable bonds is 2. The maximum atomic E-state index is 12.0. The molecule has 1 aromatic carbocycles. The van der Waals surface area contributed by atoms with E-state index in [1.54, 1.807) is 0 Å². The molecule has 0 atom stereocenters. The van der Waals surface area contributed by atoms with E-state index in [0.29, 0.717) is 5.56 Å². The van der Waals surface area contributed by atoms with Gasteiger partial charge in [0.1, 0.15) is 7.05 Å². The molecule has 0 aliphatic rings. The summed E-state index contributed by atoms with van der Waals surface area (Å²) in [7, 11) is 1.96. The molecule has 0 saturated heterocycles. The van der Waals surface area contributed by atoms with Crippen LogP contribution in [0.2, 0.25) is 0 Å². The molecular formula is C15H14N3O+. The van der Waals surface area contributed by atoms with E-state index in [-0.39, 0.29) is 5.56 Å². The number of H-pyrrole nitrogens is 2. The zero-order valence-electron chi connectivity index (χ0n) is 10.6. The van der Waals surface area contributed by atoms with Crippen molar-refractivity contribution in [3.8, 4) is 22.4 Å². The first kappa shape index (κ1) is 11.5. The normalized spacial score (nSPS) is 10.6. The first-order valence-corrected chi connectivity index (χ1v) is 6.07. The van der Waals surface area contributed by atoms with Crippen LogP contribution in [0.1, 0.15) is 0 Å². The molecule has 2 heterocycles. The van der Waals surface area contributed by atoms with Gasteiger partial charge in [0, 0.05) is 17.7 Å². The van der Waals surface area contributed by atoms with Crippen LogP contribution in [0.15, 0.2) is 59.7 Å². The van der Waals surface area contributed by atoms with Crippen molar-refractivity contribution in [1.82, 2.24) is 10.2 Å². The van der Waals surface area contributed by atoms with E-state index < -0.39 is 0 Å². The maximum absolute atomic E-state index is 12.0. The number of aromatic nitrogens is 3. The summed E-state index contributed by atoms with van der Waals surface area (Å²) in [5, 5.41) is 5.62. The van der Waals surface area contributed by atoms with E-state index in [0.717, 1.165) is 16.8 Å².